The highest BCUT2D eigenvalue weighted by Gasteiger charge is 2.04. The number of rotatable bonds is 2. The van der Waals surface area contributed by atoms with E-state index in [-0.39, 0.29) is 0 Å². The first-order valence-electron chi connectivity index (χ1n) is 6.42. The van der Waals surface area contributed by atoms with Crippen LogP contribution in [0.1, 0.15) is 19.3 Å². The molecule has 0 unspecified atom stereocenters. The molecule has 102 valence electrons. The molecule has 0 bridgehead atoms. The molecule has 1 fully saturated rings. The lowest BCUT2D eigenvalue weighted by Crippen LogP contribution is -2.25. The number of para-hydroxylation sites is 1. The van der Waals surface area contributed by atoms with Crippen LogP contribution in [0.4, 0.5) is 0 Å². The van der Waals surface area contributed by atoms with Crippen molar-refractivity contribution in [3.63, 3.8) is 0 Å². The summed E-state index contributed by atoms with van der Waals surface area (Å²) in [4.78, 5) is 0. The van der Waals surface area contributed by atoms with Gasteiger partial charge in [-0.2, -0.15) is 5.06 Å². The Morgan fingerprint density at radius 1 is 1.05 bits per heavy atom. The summed E-state index contributed by atoms with van der Waals surface area (Å²) in [6.45, 7) is 1.75. The van der Waals surface area contributed by atoms with E-state index in [1.165, 1.54) is 17.7 Å². The predicted molar refractivity (Wildman–Crippen MR) is 70.2 cm³/mol. The van der Waals surface area contributed by atoms with Crippen LogP contribution in [-0.4, -0.2) is 28.5 Å². The average Bonchev–Trinajstić information content (AvgIpc) is 2.94. The Labute approximate surface area is 112 Å². The number of hydrogen-bond acceptors (Lipinski definition) is 5. The molecule has 5 nitrogen and oxygen atoms in total. The first-order valence-corrected chi connectivity index (χ1v) is 6.42. The number of piperidine rings is 1. The van der Waals surface area contributed by atoms with Crippen LogP contribution in [0.2, 0.25) is 0 Å². The lowest BCUT2D eigenvalue weighted by atomic mass is 10.2. The molecule has 1 aliphatic heterocycles. The summed E-state index contributed by atoms with van der Waals surface area (Å²) < 4.78 is 9.93. The molecule has 0 amide bonds. The Hall–Kier alpha value is -1.85. The van der Waals surface area contributed by atoms with Crippen molar-refractivity contribution in [3.05, 3.63) is 42.7 Å². The second-order valence-electron chi connectivity index (χ2n) is 4.27. The van der Waals surface area contributed by atoms with Crippen molar-refractivity contribution in [2.45, 2.75) is 19.3 Å². The first kappa shape index (κ1) is 13.6. The van der Waals surface area contributed by atoms with Gasteiger partial charge in [0.1, 0.15) is 12.0 Å². The fourth-order valence-corrected chi connectivity index (χ4v) is 1.74. The van der Waals surface area contributed by atoms with Crippen molar-refractivity contribution < 1.29 is 14.5 Å². The molecule has 5 heteroatoms. The van der Waals surface area contributed by atoms with E-state index in [2.05, 4.69) is 9.68 Å². The SMILES string of the molecule is ON1CCCCC1.c1ccc(Oc2ccon2)cc1. The minimum Gasteiger partial charge on any atom is -0.436 e. The molecule has 1 aromatic heterocycles. The quantitative estimate of drug-likeness (QED) is 0.899. The summed E-state index contributed by atoms with van der Waals surface area (Å²) >= 11 is 0. The average molecular weight is 262 g/mol. The third kappa shape index (κ3) is 5.11. The summed E-state index contributed by atoms with van der Waals surface area (Å²) in [5.74, 6) is 1.23. The van der Waals surface area contributed by atoms with Gasteiger partial charge in [-0.05, 0) is 30.1 Å². The van der Waals surface area contributed by atoms with Gasteiger partial charge in [-0.1, -0.05) is 24.6 Å². The lowest BCUT2D eigenvalue weighted by molar-refractivity contribution is -0.103. The van der Waals surface area contributed by atoms with Gasteiger partial charge in [-0.15, -0.1) is 0 Å². The highest BCUT2D eigenvalue weighted by Crippen LogP contribution is 2.17. The monoisotopic (exact) mass is 262 g/mol. The highest BCUT2D eigenvalue weighted by atomic mass is 16.5. The van der Waals surface area contributed by atoms with Crippen LogP contribution in [0.3, 0.4) is 0 Å². The molecule has 0 atom stereocenters. The molecule has 1 aliphatic rings. The van der Waals surface area contributed by atoms with Crippen LogP contribution in [0, 0.1) is 0 Å². The summed E-state index contributed by atoms with van der Waals surface area (Å²) in [7, 11) is 0. The Balaban J connectivity index is 0.000000163. The maximum absolute atomic E-state index is 8.74. The van der Waals surface area contributed by atoms with E-state index in [0.717, 1.165) is 31.7 Å². The molecule has 1 saturated heterocycles. The van der Waals surface area contributed by atoms with E-state index in [9.17, 15) is 0 Å². The van der Waals surface area contributed by atoms with Crippen molar-refractivity contribution in [1.82, 2.24) is 10.2 Å². The zero-order valence-electron chi connectivity index (χ0n) is 10.7. The van der Waals surface area contributed by atoms with E-state index >= 15 is 0 Å². The molecule has 1 N–H and O–H groups in total. The number of nitrogens with zero attached hydrogens (tertiary/aromatic N) is 2. The Kier molecular flexibility index (Phi) is 5.40. The summed E-state index contributed by atoms with van der Waals surface area (Å²) in [5, 5.41) is 13.7. The van der Waals surface area contributed by atoms with E-state index in [1.807, 2.05) is 30.3 Å². The second kappa shape index (κ2) is 7.56. The summed E-state index contributed by atoms with van der Waals surface area (Å²) in [5.41, 5.74) is 0. The van der Waals surface area contributed by atoms with Crippen LogP contribution >= 0.6 is 0 Å². The number of ether oxygens (including phenoxy) is 1. The molecule has 0 spiro atoms. The van der Waals surface area contributed by atoms with E-state index in [0.29, 0.717) is 5.88 Å². The topological polar surface area (TPSA) is 58.7 Å². The van der Waals surface area contributed by atoms with Gasteiger partial charge < -0.3 is 14.5 Å². The van der Waals surface area contributed by atoms with Gasteiger partial charge in [0.2, 0.25) is 0 Å². The highest BCUT2D eigenvalue weighted by molar-refractivity contribution is 5.25. The van der Waals surface area contributed by atoms with Crippen LogP contribution in [-0.2, 0) is 0 Å². The standard InChI is InChI=1S/C9H7NO2.C5H11NO/c1-2-4-8(5-3-1)12-9-6-7-11-10-9;7-6-4-2-1-3-5-6/h1-7H;7H,1-5H2. The van der Waals surface area contributed by atoms with Crippen molar-refractivity contribution >= 4 is 0 Å². The van der Waals surface area contributed by atoms with Crippen molar-refractivity contribution in [3.8, 4) is 11.6 Å². The van der Waals surface area contributed by atoms with Gasteiger partial charge in [0.15, 0.2) is 0 Å². The number of hydroxylamine groups is 2. The molecular formula is C14H18N2O3. The molecule has 1 aromatic carbocycles. The lowest BCUT2D eigenvalue weighted by Gasteiger charge is -2.18. The normalized spacial score (nSPS) is 15.4. The Bertz CT molecular complexity index is 439. The van der Waals surface area contributed by atoms with Gasteiger partial charge in [0.25, 0.3) is 5.88 Å². The molecule has 2 aromatic rings. The zero-order chi connectivity index (χ0) is 13.3. The van der Waals surface area contributed by atoms with Gasteiger partial charge in [0, 0.05) is 19.2 Å². The number of benzene rings is 1. The fraction of sp³-hybridized carbons (Fsp3) is 0.357. The molecular weight excluding hydrogens is 244 g/mol. The predicted octanol–water partition coefficient (Wildman–Crippen LogP) is 3.33. The molecule has 0 saturated carbocycles. The maximum Gasteiger partial charge on any atom is 0.259 e. The minimum absolute atomic E-state index is 0.473. The Morgan fingerprint density at radius 3 is 2.32 bits per heavy atom. The Morgan fingerprint density at radius 2 is 1.79 bits per heavy atom. The molecule has 0 aliphatic carbocycles. The third-order valence-corrected chi connectivity index (χ3v) is 2.71. The minimum atomic E-state index is 0.473. The second-order valence-corrected chi connectivity index (χ2v) is 4.27. The van der Waals surface area contributed by atoms with Gasteiger partial charge in [0.05, 0.1) is 0 Å². The summed E-state index contributed by atoms with van der Waals surface area (Å²) in [6.07, 6.45) is 5.09. The van der Waals surface area contributed by atoms with E-state index < -0.39 is 0 Å². The first-order chi connectivity index (χ1) is 9.34. The van der Waals surface area contributed by atoms with Crippen LogP contribution in [0.5, 0.6) is 11.6 Å². The van der Waals surface area contributed by atoms with Gasteiger partial charge in [-0.25, -0.2) is 0 Å². The fourth-order valence-electron chi connectivity index (χ4n) is 1.74. The maximum atomic E-state index is 8.74. The molecule has 2 heterocycles. The molecule has 19 heavy (non-hydrogen) atoms. The molecule has 3 rings (SSSR count). The van der Waals surface area contributed by atoms with Crippen LogP contribution in [0.25, 0.3) is 0 Å². The van der Waals surface area contributed by atoms with Crippen molar-refractivity contribution in [1.29, 1.82) is 0 Å². The van der Waals surface area contributed by atoms with Crippen LogP contribution in [0.15, 0.2) is 47.2 Å². The van der Waals surface area contributed by atoms with Gasteiger partial charge in [-0.3, -0.25) is 0 Å². The number of hydrogen-bond donors (Lipinski definition) is 1. The van der Waals surface area contributed by atoms with Crippen molar-refractivity contribution in [2.24, 2.45) is 0 Å². The van der Waals surface area contributed by atoms with E-state index in [4.69, 9.17) is 9.94 Å². The summed E-state index contributed by atoms with van der Waals surface area (Å²) in [6, 6.07) is 11.1. The third-order valence-electron chi connectivity index (χ3n) is 2.71. The number of aromatic nitrogens is 1. The van der Waals surface area contributed by atoms with Crippen molar-refractivity contribution in [2.75, 3.05) is 13.1 Å². The van der Waals surface area contributed by atoms with Gasteiger partial charge >= 0.3 is 0 Å². The smallest absolute Gasteiger partial charge is 0.259 e. The van der Waals surface area contributed by atoms with E-state index in [1.54, 1.807) is 6.07 Å². The largest absolute Gasteiger partial charge is 0.436 e. The van der Waals surface area contributed by atoms with Crippen LogP contribution < -0.4 is 4.74 Å². The molecule has 0 radical (unpaired) electrons. The zero-order valence-corrected chi connectivity index (χ0v) is 10.7.